The molecule has 1 aromatic heterocycles. The van der Waals surface area contributed by atoms with Gasteiger partial charge in [-0.05, 0) is 0 Å². The number of rotatable bonds is 2. The highest BCUT2D eigenvalue weighted by Crippen LogP contribution is 2.28. The summed E-state index contributed by atoms with van der Waals surface area (Å²) in [6.45, 7) is 1.00. The summed E-state index contributed by atoms with van der Waals surface area (Å²) in [4.78, 5) is 8.04. The molecule has 1 aliphatic heterocycles. The fourth-order valence-corrected chi connectivity index (χ4v) is 1.32. The molecule has 2 rings (SSSR count). The van der Waals surface area contributed by atoms with Gasteiger partial charge in [0.05, 0.1) is 7.11 Å². The predicted molar refractivity (Wildman–Crippen MR) is 45.4 cm³/mol. The summed E-state index contributed by atoms with van der Waals surface area (Å²) < 4.78 is 5.01. The number of aromatic nitrogens is 2. The molecule has 70 valence electrons. The lowest BCUT2D eigenvalue weighted by Gasteiger charge is -2.36. The van der Waals surface area contributed by atoms with Gasteiger partial charge in [0.25, 0.3) is 0 Å². The molecule has 13 heavy (non-hydrogen) atoms. The number of aliphatic hydroxyl groups is 1. The monoisotopic (exact) mass is 181 g/mol. The lowest BCUT2D eigenvalue weighted by Crippen LogP contribution is -2.57. The van der Waals surface area contributed by atoms with Gasteiger partial charge >= 0.3 is 0 Å². The van der Waals surface area contributed by atoms with Crippen LogP contribution in [-0.2, 0) is 5.60 Å². The van der Waals surface area contributed by atoms with Crippen LogP contribution in [0.1, 0.15) is 5.69 Å². The van der Waals surface area contributed by atoms with Gasteiger partial charge in [-0.1, -0.05) is 0 Å². The van der Waals surface area contributed by atoms with Gasteiger partial charge in [0, 0.05) is 25.5 Å². The third-order valence-corrected chi connectivity index (χ3v) is 2.13. The van der Waals surface area contributed by atoms with Crippen molar-refractivity contribution in [3.05, 3.63) is 18.1 Å². The molecule has 0 aliphatic carbocycles. The molecule has 1 saturated heterocycles. The number of nitrogens with one attached hydrogen (secondary N) is 1. The first-order chi connectivity index (χ1) is 6.26. The molecule has 5 nitrogen and oxygen atoms in total. The van der Waals surface area contributed by atoms with Gasteiger partial charge in [-0.3, -0.25) is 4.98 Å². The second kappa shape index (κ2) is 2.93. The molecule has 1 fully saturated rings. The van der Waals surface area contributed by atoms with Crippen LogP contribution in [0, 0.1) is 0 Å². The summed E-state index contributed by atoms with van der Waals surface area (Å²) in [7, 11) is 1.52. The van der Waals surface area contributed by atoms with Gasteiger partial charge in [0.2, 0.25) is 5.88 Å². The molecule has 0 spiro atoms. The normalized spacial score (nSPS) is 19.2. The minimum Gasteiger partial charge on any atom is -0.480 e. The highest BCUT2D eigenvalue weighted by molar-refractivity contribution is 5.27. The van der Waals surface area contributed by atoms with Crippen molar-refractivity contribution in [3.8, 4) is 5.88 Å². The van der Waals surface area contributed by atoms with Crippen LogP contribution in [0.15, 0.2) is 12.4 Å². The van der Waals surface area contributed by atoms with Crippen LogP contribution < -0.4 is 10.1 Å². The van der Waals surface area contributed by atoms with Crippen molar-refractivity contribution in [2.24, 2.45) is 0 Å². The first kappa shape index (κ1) is 8.40. The number of methoxy groups -OCH3 is 1. The van der Waals surface area contributed by atoms with E-state index in [1.165, 1.54) is 13.3 Å². The van der Waals surface area contributed by atoms with Crippen molar-refractivity contribution < 1.29 is 9.84 Å². The molecular weight excluding hydrogens is 170 g/mol. The zero-order valence-electron chi connectivity index (χ0n) is 7.32. The molecule has 0 aromatic carbocycles. The first-order valence-corrected chi connectivity index (χ1v) is 4.05. The van der Waals surface area contributed by atoms with E-state index in [0.29, 0.717) is 24.7 Å². The number of β-amino-alcohol motifs (C(OH)–C–C–N with tert-alkyl or cyclic N) is 1. The van der Waals surface area contributed by atoms with Crippen molar-refractivity contribution >= 4 is 0 Å². The lowest BCUT2D eigenvalue weighted by atomic mass is 9.93. The molecule has 0 saturated carbocycles. The third-order valence-electron chi connectivity index (χ3n) is 2.13. The molecule has 0 bridgehead atoms. The first-order valence-electron chi connectivity index (χ1n) is 4.05. The minimum atomic E-state index is -0.903. The maximum Gasteiger partial charge on any atom is 0.238 e. The molecule has 5 heteroatoms. The second-order valence-electron chi connectivity index (χ2n) is 3.05. The van der Waals surface area contributed by atoms with E-state index in [4.69, 9.17) is 4.74 Å². The summed E-state index contributed by atoms with van der Waals surface area (Å²) >= 11 is 0. The molecule has 0 unspecified atom stereocenters. The average molecular weight is 181 g/mol. The van der Waals surface area contributed by atoms with Gasteiger partial charge in [-0.15, -0.1) is 0 Å². The Morgan fingerprint density at radius 3 is 2.69 bits per heavy atom. The number of hydrogen-bond acceptors (Lipinski definition) is 5. The van der Waals surface area contributed by atoms with Crippen molar-refractivity contribution in [2.45, 2.75) is 5.60 Å². The minimum absolute atomic E-state index is 0.395. The van der Waals surface area contributed by atoms with Crippen molar-refractivity contribution in [1.82, 2.24) is 15.3 Å². The zero-order valence-corrected chi connectivity index (χ0v) is 7.32. The van der Waals surface area contributed by atoms with E-state index in [1.807, 2.05) is 0 Å². The fraction of sp³-hybridized carbons (Fsp3) is 0.500. The SMILES string of the molecule is COc1nccnc1C1(O)CNC1. The highest BCUT2D eigenvalue weighted by Gasteiger charge is 2.40. The molecule has 2 heterocycles. The van der Waals surface area contributed by atoms with Gasteiger partial charge in [-0.2, -0.15) is 0 Å². The van der Waals surface area contributed by atoms with Crippen LogP contribution in [-0.4, -0.2) is 35.3 Å². The molecule has 1 aromatic rings. The second-order valence-corrected chi connectivity index (χ2v) is 3.05. The average Bonchev–Trinajstić information content (AvgIpc) is 2.14. The van der Waals surface area contributed by atoms with E-state index < -0.39 is 5.60 Å². The van der Waals surface area contributed by atoms with Gasteiger partial charge in [0.15, 0.2) is 0 Å². The van der Waals surface area contributed by atoms with Gasteiger partial charge in [-0.25, -0.2) is 4.98 Å². The van der Waals surface area contributed by atoms with Crippen LogP contribution >= 0.6 is 0 Å². The van der Waals surface area contributed by atoms with Crippen molar-refractivity contribution in [2.75, 3.05) is 20.2 Å². The molecule has 1 aliphatic rings. The van der Waals surface area contributed by atoms with Crippen LogP contribution in [0.4, 0.5) is 0 Å². The summed E-state index contributed by atoms with van der Waals surface area (Å²) in [5.41, 5.74) is -0.393. The Kier molecular flexibility index (Phi) is 1.90. The number of hydrogen-bond donors (Lipinski definition) is 2. The summed E-state index contributed by atoms with van der Waals surface area (Å²) in [6.07, 6.45) is 3.09. The Labute approximate surface area is 75.8 Å². The molecule has 0 amide bonds. The van der Waals surface area contributed by atoms with Crippen LogP contribution in [0.2, 0.25) is 0 Å². The van der Waals surface area contributed by atoms with Gasteiger partial charge < -0.3 is 15.2 Å². The Bertz CT molecular complexity index is 312. The van der Waals surface area contributed by atoms with Crippen LogP contribution in [0.5, 0.6) is 5.88 Å². The highest BCUT2D eigenvalue weighted by atomic mass is 16.5. The quantitative estimate of drug-likeness (QED) is 0.630. The molecule has 2 N–H and O–H groups in total. The fourth-order valence-electron chi connectivity index (χ4n) is 1.32. The molecule has 0 atom stereocenters. The summed E-state index contributed by atoms with van der Waals surface area (Å²) in [6, 6.07) is 0. The Morgan fingerprint density at radius 2 is 2.15 bits per heavy atom. The maximum absolute atomic E-state index is 9.95. The van der Waals surface area contributed by atoms with Crippen molar-refractivity contribution in [1.29, 1.82) is 0 Å². The third kappa shape index (κ3) is 1.26. The predicted octanol–water partition coefficient (Wildman–Crippen LogP) is -0.724. The Morgan fingerprint density at radius 1 is 1.46 bits per heavy atom. The summed E-state index contributed by atoms with van der Waals surface area (Å²) in [5.74, 6) is 0.395. The van der Waals surface area contributed by atoms with E-state index in [0.717, 1.165) is 0 Å². The molecular formula is C8H11N3O2. The zero-order chi connectivity index (χ0) is 9.31. The van der Waals surface area contributed by atoms with E-state index in [9.17, 15) is 5.11 Å². The van der Waals surface area contributed by atoms with Crippen LogP contribution in [0.25, 0.3) is 0 Å². The molecule has 0 radical (unpaired) electrons. The Balaban J connectivity index is 2.38. The lowest BCUT2D eigenvalue weighted by molar-refractivity contribution is -0.0210. The van der Waals surface area contributed by atoms with E-state index in [-0.39, 0.29) is 0 Å². The van der Waals surface area contributed by atoms with E-state index in [1.54, 1.807) is 6.20 Å². The number of ether oxygens (including phenoxy) is 1. The van der Waals surface area contributed by atoms with Crippen molar-refractivity contribution in [3.63, 3.8) is 0 Å². The Hall–Kier alpha value is -1.20. The largest absolute Gasteiger partial charge is 0.480 e. The van der Waals surface area contributed by atoms with Crippen LogP contribution in [0.3, 0.4) is 0 Å². The summed E-state index contributed by atoms with van der Waals surface area (Å²) in [5, 5.41) is 12.9. The standard InChI is InChI=1S/C8H11N3O2/c1-13-7-6(10-2-3-11-7)8(12)4-9-5-8/h2-3,9,12H,4-5H2,1H3. The number of nitrogens with zero attached hydrogens (tertiary/aromatic N) is 2. The van der Waals surface area contributed by atoms with Gasteiger partial charge in [0.1, 0.15) is 11.3 Å². The topological polar surface area (TPSA) is 67.3 Å². The smallest absolute Gasteiger partial charge is 0.238 e. The van der Waals surface area contributed by atoms with E-state index >= 15 is 0 Å². The van der Waals surface area contributed by atoms with E-state index in [2.05, 4.69) is 15.3 Å². The maximum atomic E-state index is 9.95.